The van der Waals surface area contributed by atoms with E-state index in [1.807, 2.05) is 24.3 Å². The number of benzene rings is 1. The molecule has 150 valence electrons. The number of hydrogen-bond donors (Lipinski definition) is 1. The van der Waals surface area contributed by atoms with Gasteiger partial charge in [-0.25, -0.2) is 9.67 Å². The maximum absolute atomic E-state index is 13.0. The monoisotopic (exact) mass is 400 g/mol. The summed E-state index contributed by atoms with van der Waals surface area (Å²) in [6, 6.07) is 10.4. The number of alkyl halides is 2. The zero-order chi connectivity index (χ0) is 20.6. The zero-order valence-corrected chi connectivity index (χ0v) is 15.7. The fraction of sp³-hybridized carbons (Fsp3) is 0.263. The summed E-state index contributed by atoms with van der Waals surface area (Å²) >= 11 is 0. The second-order valence-electron chi connectivity index (χ2n) is 6.76. The Morgan fingerprint density at radius 3 is 2.90 bits per heavy atom. The highest BCUT2D eigenvalue weighted by Crippen LogP contribution is 2.23. The van der Waals surface area contributed by atoms with Crippen molar-refractivity contribution in [1.29, 1.82) is 0 Å². The quantitative estimate of drug-likeness (QED) is 0.538. The Hall–Kier alpha value is -3.56. The number of fused-ring (bicyclic) bond motifs is 2. The molecule has 1 N–H and O–H groups in total. The van der Waals surface area contributed by atoms with E-state index in [0.29, 0.717) is 18.3 Å². The van der Waals surface area contributed by atoms with Crippen LogP contribution in [0.4, 0.5) is 8.78 Å². The SMILES string of the molecule is C[C@@H](COc1ccc2c(cnn2-c2cccc3ncnn23)c1)NC(=O)C(C)(F)F. The molecule has 8 nitrogen and oxygen atoms in total. The van der Waals surface area contributed by atoms with Gasteiger partial charge in [-0.2, -0.15) is 23.5 Å². The molecule has 0 aliphatic rings. The molecule has 3 heterocycles. The van der Waals surface area contributed by atoms with Gasteiger partial charge in [-0.15, -0.1) is 0 Å². The van der Waals surface area contributed by atoms with E-state index >= 15 is 0 Å². The molecule has 0 saturated carbocycles. The number of rotatable bonds is 6. The summed E-state index contributed by atoms with van der Waals surface area (Å²) in [5.41, 5.74) is 1.55. The van der Waals surface area contributed by atoms with Crippen LogP contribution in [0.2, 0.25) is 0 Å². The number of nitrogens with one attached hydrogen (secondary N) is 1. The van der Waals surface area contributed by atoms with E-state index in [2.05, 4.69) is 20.5 Å². The van der Waals surface area contributed by atoms with E-state index in [9.17, 15) is 13.6 Å². The number of ether oxygens (including phenoxy) is 1. The molecule has 1 aromatic carbocycles. The minimum absolute atomic E-state index is 0.0553. The van der Waals surface area contributed by atoms with Gasteiger partial charge in [-0.05, 0) is 37.3 Å². The predicted molar refractivity (Wildman–Crippen MR) is 101 cm³/mol. The highest BCUT2D eigenvalue weighted by molar-refractivity contribution is 5.83. The Morgan fingerprint density at radius 2 is 2.10 bits per heavy atom. The fourth-order valence-electron chi connectivity index (χ4n) is 2.89. The van der Waals surface area contributed by atoms with E-state index in [-0.39, 0.29) is 6.61 Å². The molecule has 4 rings (SSSR count). The van der Waals surface area contributed by atoms with Crippen LogP contribution in [0.1, 0.15) is 13.8 Å². The molecular formula is C19H18F2N6O2. The van der Waals surface area contributed by atoms with E-state index in [1.165, 1.54) is 6.33 Å². The molecule has 0 spiro atoms. The third-order valence-electron chi connectivity index (χ3n) is 4.31. The molecule has 0 bridgehead atoms. The first kappa shape index (κ1) is 18.8. The average molecular weight is 400 g/mol. The highest BCUT2D eigenvalue weighted by Gasteiger charge is 2.32. The van der Waals surface area contributed by atoms with E-state index < -0.39 is 17.9 Å². The molecule has 0 aliphatic heterocycles. The lowest BCUT2D eigenvalue weighted by atomic mass is 10.2. The molecule has 0 radical (unpaired) electrons. The maximum Gasteiger partial charge on any atom is 0.321 e. The molecule has 1 atom stereocenters. The molecule has 1 amide bonds. The van der Waals surface area contributed by atoms with Crippen molar-refractivity contribution < 1.29 is 18.3 Å². The van der Waals surface area contributed by atoms with Crippen molar-refractivity contribution in [3.63, 3.8) is 0 Å². The van der Waals surface area contributed by atoms with Crippen LogP contribution in [0.3, 0.4) is 0 Å². The van der Waals surface area contributed by atoms with Crippen LogP contribution in [-0.4, -0.2) is 48.9 Å². The molecule has 29 heavy (non-hydrogen) atoms. The summed E-state index contributed by atoms with van der Waals surface area (Å²) in [5.74, 6) is -3.47. The van der Waals surface area contributed by atoms with Gasteiger partial charge in [0.15, 0.2) is 11.5 Å². The first-order valence-electron chi connectivity index (χ1n) is 8.91. The van der Waals surface area contributed by atoms with E-state index in [0.717, 1.165) is 16.7 Å². The third kappa shape index (κ3) is 3.73. The van der Waals surface area contributed by atoms with Crippen LogP contribution in [-0.2, 0) is 4.79 Å². The Labute approximate surface area is 164 Å². The lowest BCUT2D eigenvalue weighted by Gasteiger charge is -2.17. The standard InChI is InChI=1S/C19H18F2N6O2/c1-12(25-18(28)19(2,20)21)10-29-14-6-7-15-13(8-14)9-23-26(15)17-5-3-4-16-22-11-24-27(16)17/h3-9,11-12H,10H2,1-2H3,(H,25,28)/t12-/m0/s1. The largest absolute Gasteiger partial charge is 0.491 e. The van der Waals surface area contributed by atoms with Crippen LogP contribution in [0, 0.1) is 0 Å². The van der Waals surface area contributed by atoms with Gasteiger partial charge in [0.05, 0.1) is 17.8 Å². The van der Waals surface area contributed by atoms with E-state index in [4.69, 9.17) is 4.74 Å². The summed E-state index contributed by atoms with van der Waals surface area (Å²) in [7, 11) is 0. The highest BCUT2D eigenvalue weighted by atomic mass is 19.3. The van der Waals surface area contributed by atoms with Gasteiger partial charge in [0.25, 0.3) is 5.91 Å². The van der Waals surface area contributed by atoms with Crippen LogP contribution in [0.15, 0.2) is 48.9 Å². The third-order valence-corrected chi connectivity index (χ3v) is 4.31. The minimum atomic E-state index is -3.42. The molecule has 0 unspecified atom stereocenters. The number of aromatic nitrogens is 5. The Kier molecular flexibility index (Phi) is 4.61. The van der Waals surface area contributed by atoms with Gasteiger partial charge in [0.2, 0.25) is 0 Å². The number of nitrogens with zero attached hydrogens (tertiary/aromatic N) is 5. The molecule has 0 fully saturated rings. The first-order chi connectivity index (χ1) is 13.8. The maximum atomic E-state index is 13.0. The molecule has 0 aliphatic carbocycles. The van der Waals surface area contributed by atoms with Crippen molar-refractivity contribution in [2.45, 2.75) is 25.8 Å². The molecule has 3 aromatic heterocycles. The zero-order valence-electron chi connectivity index (χ0n) is 15.7. The fourth-order valence-corrected chi connectivity index (χ4v) is 2.89. The number of amides is 1. The molecule has 10 heteroatoms. The summed E-state index contributed by atoms with van der Waals surface area (Å²) in [6.45, 7) is 2.21. The topological polar surface area (TPSA) is 86.3 Å². The van der Waals surface area contributed by atoms with E-state index in [1.54, 1.807) is 34.5 Å². The van der Waals surface area contributed by atoms with Gasteiger partial charge >= 0.3 is 5.92 Å². The van der Waals surface area contributed by atoms with Gasteiger partial charge in [0, 0.05) is 12.3 Å². The van der Waals surface area contributed by atoms with Crippen molar-refractivity contribution in [3.8, 4) is 11.6 Å². The molecule has 0 saturated heterocycles. The lowest BCUT2D eigenvalue weighted by Crippen LogP contribution is -2.44. The summed E-state index contributed by atoms with van der Waals surface area (Å²) < 4.78 is 35.0. The number of halogens is 2. The van der Waals surface area contributed by atoms with Crippen LogP contribution in [0.5, 0.6) is 5.75 Å². The lowest BCUT2D eigenvalue weighted by molar-refractivity contribution is -0.143. The van der Waals surface area contributed by atoms with Crippen LogP contribution >= 0.6 is 0 Å². The Bertz CT molecular complexity index is 1180. The smallest absolute Gasteiger partial charge is 0.321 e. The predicted octanol–water partition coefficient (Wildman–Crippen LogP) is 2.61. The Balaban J connectivity index is 1.52. The van der Waals surface area contributed by atoms with Crippen molar-refractivity contribution in [1.82, 2.24) is 29.7 Å². The summed E-state index contributed by atoms with van der Waals surface area (Å²) in [5, 5.41) is 11.7. The summed E-state index contributed by atoms with van der Waals surface area (Å²) in [4.78, 5) is 15.5. The molecule has 4 aromatic rings. The first-order valence-corrected chi connectivity index (χ1v) is 8.91. The van der Waals surface area contributed by atoms with Gasteiger partial charge in [-0.1, -0.05) is 6.07 Å². The number of carbonyl (C=O) groups is 1. The summed E-state index contributed by atoms with van der Waals surface area (Å²) in [6.07, 6.45) is 3.17. The van der Waals surface area contributed by atoms with Gasteiger partial charge in [-0.3, -0.25) is 4.79 Å². The Morgan fingerprint density at radius 1 is 1.28 bits per heavy atom. The average Bonchev–Trinajstić information content (AvgIpc) is 3.31. The minimum Gasteiger partial charge on any atom is -0.491 e. The second-order valence-corrected chi connectivity index (χ2v) is 6.76. The number of hydrogen-bond acceptors (Lipinski definition) is 5. The van der Waals surface area contributed by atoms with Gasteiger partial charge < -0.3 is 10.1 Å². The number of pyridine rings is 1. The van der Waals surface area contributed by atoms with Gasteiger partial charge in [0.1, 0.15) is 18.7 Å². The van der Waals surface area contributed by atoms with Crippen molar-refractivity contribution in [2.24, 2.45) is 0 Å². The van der Waals surface area contributed by atoms with Crippen molar-refractivity contribution in [2.75, 3.05) is 6.61 Å². The van der Waals surface area contributed by atoms with Crippen molar-refractivity contribution >= 4 is 22.5 Å². The van der Waals surface area contributed by atoms with Crippen LogP contribution < -0.4 is 10.1 Å². The number of carbonyl (C=O) groups excluding carboxylic acids is 1. The normalized spacial score (nSPS) is 13.0. The van der Waals surface area contributed by atoms with Crippen LogP contribution in [0.25, 0.3) is 22.4 Å². The van der Waals surface area contributed by atoms with Crippen molar-refractivity contribution in [3.05, 3.63) is 48.9 Å². The second kappa shape index (κ2) is 7.12. The molecular weight excluding hydrogens is 382 g/mol.